The molecule has 0 amide bonds. The van der Waals surface area contributed by atoms with Crippen LogP contribution in [0.25, 0.3) is 0 Å². The van der Waals surface area contributed by atoms with Gasteiger partial charge >= 0.3 is 12.1 Å². The summed E-state index contributed by atoms with van der Waals surface area (Å²) < 4.78 is 50.8. The van der Waals surface area contributed by atoms with Crippen molar-refractivity contribution in [2.45, 2.75) is 25.6 Å². The highest BCUT2D eigenvalue weighted by Crippen LogP contribution is 2.33. The molecular weight excluding hydrogens is 254 g/mol. The zero-order valence-electron chi connectivity index (χ0n) is 9.38. The van der Waals surface area contributed by atoms with Crippen LogP contribution >= 0.6 is 0 Å². The second kappa shape index (κ2) is 4.93. The Balaban J connectivity index is 3.12. The van der Waals surface area contributed by atoms with E-state index in [2.05, 4.69) is 0 Å². The van der Waals surface area contributed by atoms with Crippen LogP contribution in [0.4, 0.5) is 17.6 Å². The van der Waals surface area contributed by atoms with Crippen molar-refractivity contribution in [3.8, 4) is 0 Å². The lowest BCUT2D eigenvalue weighted by atomic mass is 9.99. The number of carboxylic acids is 1. The molecule has 0 saturated carbocycles. The van der Waals surface area contributed by atoms with Crippen molar-refractivity contribution in [1.29, 1.82) is 0 Å². The standard InChI is InChI=1S/C11H11F4NO2/c1-5-2-6(3-9(16)10(17)18)8(12)4-7(5)11(13,14)15/h2,4,9H,3,16H2,1H3,(H,17,18)/t9-/m0/s1. The van der Waals surface area contributed by atoms with Crippen molar-refractivity contribution in [3.63, 3.8) is 0 Å². The van der Waals surface area contributed by atoms with E-state index < -0.39 is 29.6 Å². The molecule has 100 valence electrons. The summed E-state index contributed by atoms with van der Waals surface area (Å²) in [6.45, 7) is 1.18. The summed E-state index contributed by atoms with van der Waals surface area (Å²) in [6.07, 6.45) is -5.00. The van der Waals surface area contributed by atoms with Crippen molar-refractivity contribution in [2.75, 3.05) is 0 Å². The van der Waals surface area contributed by atoms with Gasteiger partial charge in [-0.3, -0.25) is 4.79 Å². The lowest BCUT2D eigenvalue weighted by molar-refractivity contribution is -0.139. The second-order valence-electron chi connectivity index (χ2n) is 3.91. The molecule has 0 aliphatic heterocycles. The Hall–Kier alpha value is -1.63. The molecule has 0 saturated heterocycles. The molecule has 0 heterocycles. The number of halogens is 4. The molecule has 0 aliphatic rings. The van der Waals surface area contributed by atoms with Crippen LogP contribution in [0.5, 0.6) is 0 Å². The summed E-state index contributed by atoms with van der Waals surface area (Å²) in [6, 6.07) is -0.0177. The van der Waals surface area contributed by atoms with Crippen molar-refractivity contribution in [3.05, 3.63) is 34.6 Å². The van der Waals surface area contributed by atoms with E-state index in [1.807, 2.05) is 0 Å². The number of alkyl halides is 3. The van der Waals surface area contributed by atoms with Gasteiger partial charge in [0.2, 0.25) is 0 Å². The van der Waals surface area contributed by atoms with E-state index in [1.165, 1.54) is 6.92 Å². The van der Waals surface area contributed by atoms with Gasteiger partial charge in [-0.1, -0.05) is 6.07 Å². The fraction of sp³-hybridized carbons (Fsp3) is 0.364. The van der Waals surface area contributed by atoms with Crippen molar-refractivity contribution >= 4 is 5.97 Å². The lowest BCUT2D eigenvalue weighted by Crippen LogP contribution is -2.32. The third-order valence-electron chi connectivity index (χ3n) is 2.46. The molecule has 0 bridgehead atoms. The molecule has 0 unspecified atom stereocenters. The molecule has 1 rings (SSSR count). The summed E-state index contributed by atoms with van der Waals surface area (Å²) in [5.74, 6) is -2.45. The average Bonchev–Trinajstić information content (AvgIpc) is 2.20. The van der Waals surface area contributed by atoms with Gasteiger partial charge in [-0.25, -0.2) is 4.39 Å². The largest absolute Gasteiger partial charge is 0.480 e. The van der Waals surface area contributed by atoms with E-state index in [0.29, 0.717) is 6.07 Å². The monoisotopic (exact) mass is 265 g/mol. The third kappa shape index (κ3) is 3.19. The van der Waals surface area contributed by atoms with Crippen LogP contribution in [0.1, 0.15) is 16.7 Å². The molecule has 0 radical (unpaired) electrons. The van der Waals surface area contributed by atoms with Gasteiger partial charge < -0.3 is 10.8 Å². The maximum Gasteiger partial charge on any atom is 0.416 e. The minimum Gasteiger partial charge on any atom is -0.480 e. The molecule has 0 fully saturated rings. The predicted octanol–water partition coefficient (Wildman–Crippen LogP) is 2.11. The topological polar surface area (TPSA) is 63.3 Å². The Kier molecular flexibility index (Phi) is 3.95. The fourth-order valence-electron chi connectivity index (χ4n) is 1.53. The first-order valence-electron chi connectivity index (χ1n) is 4.97. The second-order valence-corrected chi connectivity index (χ2v) is 3.91. The Bertz CT molecular complexity index is 471. The SMILES string of the molecule is Cc1cc(C[C@H](N)C(=O)O)c(F)cc1C(F)(F)F. The van der Waals surface area contributed by atoms with Gasteiger partial charge in [-0.2, -0.15) is 13.2 Å². The molecule has 1 aromatic rings. The molecule has 0 aromatic heterocycles. The fourth-order valence-corrected chi connectivity index (χ4v) is 1.53. The van der Waals surface area contributed by atoms with Gasteiger partial charge in [0.1, 0.15) is 11.9 Å². The number of benzene rings is 1. The highest BCUT2D eigenvalue weighted by atomic mass is 19.4. The van der Waals surface area contributed by atoms with Gasteiger partial charge in [0.05, 0.1) is 5.56 Å². The van der Waals surface area contributed by atoms with Gasteiger partial charge in [0.25, 0.3) is 0 Å². The van der Waals surface area contributed by atoms with Crippen LogP contribution in [0.3, 0.4) is 0 Å². The zero-order chi connectivity index (χ0) is 14.1. The quantitative estimate of drug-likeness (QED) is 0.823. The van der Waals surface area contributed by atoms with Gasteiger partial charge in [-0.15, -0.1) is 0 Å². The molecular formula is C11H11F4NO2. The van der Waals surface area contributed by atoms with Crippen LogP contribution < -0.4 is 5.73 Å². The number of carbonyl (C=O) groups is 1. The van der Waals surface area contributed by atoms with E-state index >= 15 is 0 Å². The molecule has 0 spiro atoms. The zero-order valence-corrected chi connectivity index (χ0v) is 9.38. The third-order valence-corrected chi connectivity index (χ3v) is 2.46. The molecule has 1 atom stereocenters. The Morgan fingerprint density at radius 2 is 2.00 bits per heavy atom. The predicted molar refractivity (Wildman–Crippen MR) is 55.5 cm³/mol. The highest BCUT2D eigenvalue weighted by molar-refractivity contribution is 5.73. The number of aliphatic carboxylic acids is 1. The van der Waals surface area contributed by atoms with Gasteiger partial charge in [-0.05, 0) is 24.1 Å². The summed E-state index contributed by atoms with van der Waals surface area (Å²) in [5, 5.41) is 8.56. The number of hydrogen-bond donors (Lipinski definition) is 2. The first-order valence-corrected chi connectivity index (χ1v) is 4.97. The number of carboxylic acid groups (broad SMARTS) is 1. The maximum absolute atomic E-state index is 13.4. The number of nitrogens with two attached hydrogens (primary N) is 1. The van der Waals surface area contributed by atoms with Gasteiger partial charge in [0, 0.05) is 6.42 Å². The minimum absolute atomic E-state index is 0.143. The molecule has 1 aromatic carbocycles. The van der Waals surface area contributed by atoms with E-state index in [1.54, 1.807) is 0 Å². The van der Waals surface area contributed by atoms with Crippen LogP contribution in [-0.4, -0.2) is 17.1 Å². The summed E-state index contributed by atoms with van der Waals surface area (Å²) in [7, 11) is 0. The molecule has 7 heteroatoms. The smallest absolute Gasteiger partial charge is 0.416 e. The van der Waals surface area contributed by atoms with Crippen molar-refractivity contribution in [2.24, 2.45) is 5.73 Å². The molecule has 0 aliphatic carbocycles. The normalized spacial score (nSPS) is 13.4. The summed E-state index contributed by atoms with van der Waals surface area (Å²) >= 11 is 0. The van der Waals surface area contributed by atoms with E-state index in [4.69, 9.17) is 10.8 Å². The van der Waals surface area contributed by atoms with E-state index in [0.717, 1.165) is 6.07 Å². The minimum atomic E-state index is -4.64. The maximum atomic E-state index is 13.4. The highest BCUT2D eigenvalue weighted by Gasteiger charge is 2.33. The Labute approximate surface area is 100 Å². The van der Waals surface area contributed by atoms with Crippen molar-refractivity contribution in [1.82, 2.24) is 0 Å². The first-order chi connectivity index (χ1) is 8.12. The van der Waals surface area contributed by atoms with Crippen LogP contribution in [-0.2, 0) is 17.4 Å². The Morgan fingerprint density at radius 1 is 1.44 bits per heavy atom. The molecule has 18 heavy (non-hydrogen) atoms. The average molecular weight is 265 g/mol. The van der Waals surface area contributed by atoms with E-state index in [-0.39, 0.29) is 17.5 Å². The van der Waals surface area contributed by atoms with Gasteiger partial charge in [0.15, 0.2) is 0 Å². The number of hydrogen-bond acceptors (Lipinski definition) is 2. The summed E-state index contributed by atoms with van der Waals surface area (Å²) in [5.41, 5.74) is 3.81. The molecule has 3 nitrogen and oxygen atoms in total. The summed E-state index contributed by atoms with van der Waals surface area (Å²) in [4.78, 5) is 10.5. The van der Waals surface area contributed by atoms with Crippen LogP contribution in [0.2, 0.25) is 0 Å². The number of aryl methyl sites for hydroxylation is 1. The Morgan fingerprint density at radius 3 is 2.44 bits per heavy atom. The molecule has 3 N–H and O–H groups in total. The number of rotatable bonds is 3. The van der Waals surface area contributed by atoms with Crippen molar-refractivity contribution < 1.29 is 27.5 Å². The van der Waals surface area contributed by atoms with Crippen LogP contribution in [0, 0.1) is 12.7 Å². The lowest BCUT2D eigenvalue weighted by Gasteiger charge is -2.14. The van der Waals surface area contributed by atoms with E-state index in [9.17, 15) is 22.4 Å². The van der Waals surface area contributed by atoms with Crippen LogP contribution in [0.15, 0.2) is 12.1 Å². The first kappa shape index (κ1) is 14.4.